The molecule has 4 aromatic rings. The molecule has 27 heavy (non-hydrogen) atoms. The number of carbonyl (C=O) groups excluding carboxylic acids is 1. The van der Waals surface area contributed by atoms with Crippen LogP contribution in [0.1, 0.15) is 17.4 Å². The first-order valence-corrected chi connectivity index (χ1v) is 9.00. The third kappa shape index (κ3) is 3.20. The molecule has 0 N–H and O–H groups in total. The third-order valence-electron chi connectivity index (χ3n) is 4.49. The quantitative estimate of drug-likeness (QED) is 0.439. The van der Waals surface area contributed by atoms with Crippen LogP contribution < -0.4 is 0 Å². The zero-order valence-corrected chi connectivity index (χ0v) is 15.1. The fraction of sp³-hybridized carbons (Fsp3) is 0.0833. The predicted molar refractivity (Wildman–Crippen MR) is 109 cm³/mol. The van der Waals surface area contributed by atoms with Crippen molar-refractivity contribution in [3.63, 3.8) is 0 Å². The summed E-state index contributed by atoms with van der Waals surface area (Å²) in [7, 11) is 0. The SMILES string of the molecule is CCOC(=O)c1nc2ccccc2c(-c2ccccc2)c1-c1ccccc1. The lowest BCUT2D eigenvalue weighted by Crippen LogP contribution is -2.10. The van der Waals surface area contributed by atoms with Gasteiger partial charge in [0.05, 0.1) is 12.1 Å². The highest BCUT2D eigenvalue weighted by atomic mass is 16.5. The topological polar surface area (TPSA) is 39.2 Å². The van der Waals surface area contributed by atoms with E-state index in [2.05, 4.69) is 17.1 Å². The minimum absolute atomic E-state index is 0.308. The lowest BCUT2D eigenvalue weighted by molar-refractivity contribution is 0.0521. The average molecular weight is 353 g/mol. The van der Waals surface area contributed by atoms with Crippen molar-refractivity contribution in [2.75, 3.05) is 6.61 Å². The molecule has 0 saturated carbocycles. The molecule has 1 aromatic heterocycles. The molecule has 3 heteroatoms. The van der Waals surface area contributed by atoms with Crippen molar-refractivity contribution in [2.24, 2.45) is 0 Å². The van der Waals surface area contributed by atoms with Gasteiger partial charge in [0.1, 0.15) is 0 Å². The second-order valence-corrected chi connectivity index (χ2v) is 6.18. The Morgan fingerprint density at radius 3 is 1.96 bits per heavy atom. The molecule has 3 aromatic carbocycles. The predicted octanol–water partition coefficient (Wildman–Crippen LogP) is 5.75. The van der Waals surface area contributed by atoms with E-state index in [4.69, 9.17) is 4.74 Å². The zero-order valence-electron chi connectivity index (χ0n) is 15.1. The number of hydrogen-bond donors (Lipinski definition) is 0. The number of para-hydroxylation sites is 1. The highest BCUT2D eigenvalue weighted by Gasteiger charge is 2.23. The van der Waals surface area contributed by atoms with Crippen LogP contribution in [0.4, 0.5) is 0 Å². The van der Waals surface area contributed by atoms with Gasteiger partial charge >= 0.3 is 5.97 Å². The second-order valence-electron chi connectivity index (χ2n) is 6.18. The van der Waals surface area contributed by atoms with Gasteiger partial charge in [-0.25, -0.2) is 9.78 Å². The van der Waals surface area contributed by atoms with Crippen LogP contribution >= 0.6 is 0 Å². The van der Waals surface area contributed by atoms with E-state index in [1.807, 2.05) is 72.8 Å². The van der Waals surface area contributed by atoms with Crippen LogP contribution in [0.2, 0.25) is 0 Å². The third-order valence-corrected chi connectivity index (χ3v) is 4.49. The number of pyridine rings is 1. The van der Waals surface area contributed by atoms with Crippen molar-refractivity contribution in [3.8, 4) is 22.3 Å². The Morgan fingerprint density at radius 2 is 1.33 bits per heavy atom. The summed E-state index contributed by atoms with van der Waals surface area (Å²) in [5.74, 6) is -0.403. The summed E-state index contributed by atoms with van der Waals surface area (Å²) in [5.41, 5.74) is 4.91. The molecule has 1 heterocycles. The maximum Gasteiger partial charge on any atom is 0.357 e. The fourth-order valence-electron chi connectivity index (χ4n) is 3.35. The number of aromatic nitrogens is 1. The van der Waals surface area contributed by atoms with Gasteiger partial charge in [-0.1, -0.05) is 78.9 Å². The molecule has 0 aliphatic carbocycles. The molecule has 3 nitrogen and oxygen atoms in total. The van der Waals surface area contributed by atoms with Gasteiger partial charge < -0.3 is 4.74 Å². The summed E-state index contributed by atoms with van der Waals surface area (Å²) in [5, 5.41) is 1.01. The maximum atomic E-state index is 12.8. The molecule has 0 atom stereocenters. The zero-order chi connectivity index (χ0) is 18.6. The number of nitrogens with zero attached hydrogens (tertiary/aromatic N) is 1. The highest BCUT2D eigenvalue weighted by molar-refractivity contribution is 6.09. The Hall–Kier alpha value is -3.46. The van der Waals surface area contributed by atoms with E-state index in [-0.39, 0.29) is 0 Å². The molecular weight excluding hydrogens is 334 g/mol. The number of ether oxygens (including phenoxy) is 1. The smallest absolute Gasteiger partial charge is 0.357 e. The van der Waals surface area contributed by atoms with Crippen molar-refractivity contribution in [1.82, 2.24) is 4.98 Å². The first kappa shape index (κ1) is 17.0. The summed E-state index contributed by atoms with van der Waals surface area (Å²) in [6.07, 6.45) is 0. The van der Waals surface area contributed by atoms with Gasteiger partial charge in [-0.15, -0.1) is 0 Å². The van der Waals surface area contributed by atoms with Crippen LogP contribution in [0.15, 0.2) is 84.9 Å². The Morgan fingerprint density at radius 1 is 0.778 bits per heavy atom. The molecule has 132 valence electrons. The van der Waals surface area contributed by atoms with Crippen molar-refractivity contribution >= 4 is 16.9 Å². The number of fused-ring (bicyclic) bond motifs is 1. The van der Waals surface area contributed by atoms with E-state index in [1.165, 1.54) is 0 Å². The summed E-state index contributed by atoms with van der Waals surface area (Å²) in [6, 6.07) is 27.9. The molecule has 0 aliphatic rings. The molecule has 0 aliphatic heterocycles. The molecule has 0 bridgehead atoms. The summed E-state index contributed by atoms with van der Waals surface area (Å²) in [4.78, 5) is 17.5. The lowest BCUT2D eigenvalue weighted by Gasteiger charge is -2.17. The van der Waals surface area contributed by atoms with E-state index < -0.39 is 5.97 Å². The van der Waals surface area contributed by atoms with Gasteiger partial charge in [-0.3, -0.25) is 0 Å². The normalized spacial score (nSPS) is 10.7. The number of hydrogen-bond acceptors (Lipinski definition) is 3. The molecule has 0 radical (unpaired) electrons. The van der Waals surface area contributed by atoms with Crippen molar-refractivity contribution < 1.29 is 9.53 Å². The molecule has 0 amide bonds. The molecule has 4 rings (SSSR count). The van der Waals surface area contributed by atoms with Crippen LogP contribution in [-0.4, -0.2) is 17.6 Å². The summed E-state index contributed by atoms with van der Waals surface area (Å²) >= 11 is 0. The van der Waals surface area contributed by atoms with Crippen molar-refractivity contribution in [1.29, 1.82) is 0 Å². The van der Waals surface area contributed by atoms with Gasteiger partial charge in [0.2, 0.25) is 0 Å². The Bertz CT molecular complexity index is 1090. The van der Waals surface area contributed by atoms with Gasteiger partial charge in [0.25, 0.3) is 0 Å². The molecule has 0 unspecified atom stereocenters. The highest BCUT2D eigenvalue weighted by Crippen LogP contribution is 2.39. The van der Waals surface area contributed by atoms with Crippen molar-refractivity contribution in [3.05, 3.63) is 90.6 Å². The molecule has 0 fully saturated rings. The van der Waals surface area contributed by atoms with E-state index in [0.717, 1.165) is 33.2 Å². The first-order valence-electron chi connectivity index (χ1n) is 9.00. The number of carbonyl (C=O) groups is 1. The van der Waals surface area contributed by atoms with Gasteiger partial charge in [0.15, 0.2) is 5.69 Å². The standard InChI is InChI=1S/C24H19NO2/c1-2-27-24(26)23-22(18-13-7-4-8-14-18)21(17-11-5-3-6-12-17)19-15-9-10-16-20(19)25-23/h3-16H,2H2,1H3. The van der Waals surface area contributed by atoms with Gasteiger partial charge in [-0.05, 0) is 24.1 Å². The Kier molecular flexibility index (Phi) is 4.67. The number of esters is 1. The van der Waals surface area contributed by atoms with E-state index in [9.17, 15) is 4.79 Å². The first-order chi connectivity index (χ1) is 13.3. The second kappa shape index (κ2) is 7.42. The van der Waals surface area contributed by atoms with Gasteiger partial charge in [0, 0.05) is 16.5 Å². The fourth-order valence-corrected chi connectivity index (χ4v) is 3.35. The van der Waals surface area contributed by atoms with E-state index in [1.54, 1.807) is 6.92 Å². The molecule has 0 spiro atoms. The minimum atomic E-state index is -0.403. The Labute approximate surface area is 158 Å². The van der Waals surface area contributed by atoms with E-state index in [0.29, 0.717) is 12.3 Å². The van der Waals surface area contributed by atoms with E-state index >= 15 is 0 Å². The van der Waals surface area contributed by atoms with Crippen LogP contribution in [0.25, 0.3) is 33.2 Å². The largest absolute Gasteiger partial charge is 0.461 e. The molecule has 0 saturated heterocycles. The molecular formula is C24H19NO2. The van der Waals surface area contributed by atoms with Crippen LogP contribution in [0, 0.1) is 0 Å². The average Bonchev–Trinajstić information content (AvgIpc) is 2.73. The maximum absolute atomic E-state index is 12.8. The summed E-state index contributed by atoms with van der Waals surface area (Å²) < 4.78 is 5.33. The summed E-state index contributed by atoms with van der Waals surface area (Å²) in [6.45, 7) is 2.11. The van der Waals surface area contributed by atoms with Crippen LogP contribution in [0.5, 0.6) is 0 Å². The van der Waals surface area contributed by atoms with Crippen LogP contribution in [-0.2, 0) is 4.74 Å². The van der Waals surface area contributed by atoms with Crippen LogP contribution in [0.3, 0.4) is 0 Å². The monoisotopic (exact) mass is 353 g/mol. The Balaban J connectivity index is 2.15. The number of benzene rings is 3. The van der Waals surface area contributed by atoms with Crippen molar-refractivity contribution in [2.45, 2.75) is 6.92 Å². The lowest BCUT2D eigenvalue weighted by atomic mass is 9.90. The minimum Gasteiger partial charge on any atom is -0.461 e. The number of rotatable bonds is 4. The van der Waals surface area contributed by atoms with Gasteiger partial charge in [-0.2, -0.15) is 0 Å².